The molecule has 0 aromatic heterocycles. The summed E-state index contributed by atoms with van der Waals surface area (Å²) < 4.78 is 0. The first-order chi connectivity index (χ1) is 7.18. The summed E-state index contributed by atoms with van der Waals surface area (Å²) in [5.74, 6) is 0.650. The van der Waals surface area contributed by atoms with Crippen LogP contribution in [0.5, 0.6) is 0 Å². The average molecular weight is 224 g/mol. The van der Waals surface area contributed by atoms with Gasteiger partial charge < -0.3 is 5.32 Å². The largest absolute Gasteiger partial charge is 0.316 e. The Morgan fingerprint density at radius 3 is 2.73 bits per heavy atom. The van der Waals surface area contributed by atoms with E-state index >= 15 is 0 Å². The van der Waals surface area contributed by atoms with Crippen LogP contribution in [0.15, 0.2) is 12.1 Å². The Morgan fingerprint density at radius 2 is 2.07 bits per heavy atom. The zero-order chi connectivity index (χ0) is 10.8. The summed E-state index contributed by atoms with van der Waals surface area (Å²) in [6.45, 7) is 6.51. The van der Waals surface area contributed by atoms with Crippen LogP contribution in [0.25, 0.3) is 0 Å². The smallest absolute Gasteiger partial charge is 0.0438 e. The Labute approximate surface area is 96.8 Å². The van der Waals surface area contributed by atoms with Crippen molar-refractivity contribution in [3.05, 3.63) is 33.8 Å². The third-order valence-corrected chi connectivity index (χ3v) is 3.69. The zero-order valence-electron chi connectivity index (χ0n) is 9.44. The summed E-state index contributed by atoms with van der Waals surface area (Å²) in [5, 5.41) is 4.36. The molecule has 0 spiro atoms. The van der Waals surface area contributed by atoms with Crippen LogP contribution in [0.2, 0.25) is 5.02 Å². The van der Waals surface area contributed by atoms with Gasteiger partial charge in [-0.3, -0.25) is 0 Å². The number of aryl methyl sites for hydroxylation is 2. The van der Waals surface area contributed by atoms with Crippen LogP contribution in [-0.2, 0) is 0 Å². The molecule has 0 bridgehead atoms. The summed E-state index contributed by atoms with van der Waals surface area (Å²) >= 11 is 6.18. The predicted octanol–water partition coefficient (Wildman–Crippen LogP) is 3.42. The molecule has 2 heteroatoms. The van der Waals surface area contributed by atoms with Crippen LogP contribution in [0.1, 0.15) is 35.4 Å². The minimum atomic E-state index is 0.650. The maximum Gasteiger partial charge on any atom is 0.0438 e. The lowest BCUT2D eigenvalue weighted by Gasteiger charge is -2.25. The fourth-order valence-electron chi connectivity index (χ4n) is 2.40. The Kier molecular flexibility index (Phi) is 3.32. The molecule has 1 aliphatic heterocycles. The van der Waals surface area contributed by atoms with E-state index in [0.717, 1.165) is 18.1 Å². The van der Waals surface area contributed by atoms with Crippen molar-refractivity contribution in [1.29, 1.82) is 0 Å². The van der Waals surface area contributed by atoms with E-state index in [1.54, 1.807) is 0 Å². The summed E-state index contributed by atoms with van der Waals surface area (Å²) in [7, 11) is 0. The monoisotopic (exact) mass is 223 g/mol. The van der Waals surface area contributed by atoms with Crippen molar-refractivity contribution < 1.29 is 0 Å². The molecule has 2 rings (SSSR count). The molecule has 15 heavy (non-hydrogen) atoms. The molecule has 0 amide bonds. The van der Waals surface area contributed by atoms with E-state index in [-0.39, 0.29) is 0 Å². The molecule has 1 aromatic carbocycles. The molecular formula is C13H18ClN. The van der Waals surface area contributed by atoms with Crippen LogP contribution in [0.4, 0.5) is 0 Å². The van der Waals surface area contributed by atoms with E-state index in [4.69, 9.17) is 11.6 Å². The second-order valence-electron chi connectivity index (χ2n) is 4.50. The van der Waals surface area contributed by atoms with Gasteiger partial charge in [0.25, 0.3) is 0 Å². The maximum atomic E-state index is 6.18. The number of hydrogen-bond donors (Lipinski definition) is 1. The van der Waals surface area contributed by atoms with Crippen molar-refractivity contribution in [2.75, 3.05) is 13.1 Å². The van der Waals surface area contributed by atoms with Crippen LogP contribution >= 0.6 is 11.6 Å². The second-order valence-corrected chi connectivity index (χ2v) is 4.91. The Morgan fingerprint density at radius 1 is 1.27 bits per heavy atom. The average Bonchev–Trinajstić information content (AvgIpc) is 2.25. The molecule has 0 radical (unpaired) electrons. The fraction of sp³-hybridized carbons (Fsp3) is 0.538. The van der Waals surface area contributed by atoms with Crippen LogP contribution < -0.4 is 5.32 Å². The molecular weight excluding hydrogens is 206 g/mol. The lowest BCUT2D eigenvalue weighted by molar-refractivity contribution is 0.460. The highest BCUT2D eigenvalue weighted by molar-refractivity contribution is 6.31. The molecule has 82 valence electrons. The van der Waals surface area contributed by atoms with E-state index in [1.807, 2.05) is 0 Å². The molecule has 0 saturated carbocycles. The van der Waals surface area contributed by atoms with Crippen molar-refractivity contribution in [1.82, 2.24) is 5.32 Å². The molecule has 1 aliphatic rings. The van der Waals surface area contributed by atoms with E-state index in [1.165, 1.54) is 29.5 Å². The minimum Gasteiger partial charge on any atom is -0.316 e. The molecule has 1 unspecified atom stereocenters. The maximum absolute atomic E-state index is 6.18. The molecule has 1 atom stereocenters. The van der Waals surface area contributed by atoms with Crippen molar-refractivity contribution in [2.45, 2.75) is 32.6 Å². The van der Waals surface area contributed by atoms with Crippen molar-refractivity contribution >= 4 is 11.6 Å². The lowest BCUT2D eigenvalue weighted by atomic mass is 9.88. The first-order valence-electron chi connectivity index (χ1n) is 5.66. The lowest BCUT2D eigenvalue weighted by Crippen LogP contribution is -2.28. The van der Waals surface area contributed by atoms with Gasteiger partial charge >= 0.3 is 0 Å². The SMILES string of the molecule is Cc1cc(C)c(C2CCCNC2)cc1Cl. The van der Waals surface area contributed by atoms with Gasteiger partial charge in [0.1, 0.15) is 0 Å². The molecule has 0 aliphatic carbocycles. The third kappa shape index (κ3) is 2.35. The minimum absolute atomic E-state index is 0.650. The van der Waals surface area contributed by atoms with Crippen LogP contribution in [0.3, 0.4) is 0 Å². The quantitative estimate of drug-likeness (QED) is 0.770. The first-order valence-corrected chi connectivity index (χ1v) is 6.03. The van der Waals surface area contributed by atoms with Gasteiger partial charge in [0, 0.05) is 11.6 Å². The van der Waals surface area contributed by atoms with Gasteiger partial charge in [-0.15, -0.1) is 0 Å². The van der Waals surface area contributed by atoms with Gasteiger partial charge in [-0.2, -0.15) is 0 Å². The van der Waals surface area contributed by atoms with Crippen molar-refractivity contribution in [3.8, 4) is 0 Å². The van der Waals surface area contributed by atoms with Gasteiger partial charge in [0.2, 0.25) is 0 Å². The van der Waals surface area contributed by atoms with Gasteiger partial charge in [0.15, 0.2) is 0 Å². The Hall–Kier alpha value is -0.530. The molecule has 1 saturated heterocycles. The summed E-state index contributed by atoms with van der Waals surface area (Å²) in [5.41, 5.74) is 3.99. The van der Waals surface area contributed by atoms with Crippen molar-refractivity contribution in [2.24, 2.45) is 0 Å². The third-order valence-electron chi connectivity index (χ3n) is 3.28. The van der Waals surface area contributed by atoms with Gasteiger partial charge in [0.05, 0.1) is 0 Å². The standard InChI is InChI=1S/C13H18ClN/c1-9-6-10(2)13(14)7-12(9)11-4-3-5-15-8-11/h6-7,11,15H,3-5,8H2,1-2H3. The summed E-state index contributed by atoms with van der Waals surface area (Å²) in [6.07, 6.45) is 2.56. The molecule has 1 fully saturated rings. The molecule has 1 aromatic rings. The highest BCUT2D eigenvalue weighted by atomic mass is 35.5. The topological polar surface area (TPSA) is 12.0 Å². The zero-order valence-corrected chi connectivity index (χ0v) is 10.2. The summed E-state index contributed by atoms with van der Waals surface area (Å²) in [4.78, 5) is 0. The predicted molar refractivity (Wildman–Crippen MR) is 65.8 cm³/mol. The first kappa shape index (κ1) is 11.0. The van der Waals surface area contributed by atoms with Crippen molar-refractivity contribution in [3.63, 3.8) is 0 Å². The fourth-order valence-corrected chi connectivity index (χ4v) is 2.57. The van der Waals surface area contributed by atoms with E-state index < -0.39 is 0 Å². The van der Waals surface area contributed by atoms with E-state index in [0.29, 0.717) is 5.92 Å². The van der Waals surface area contributed by atoms with Crippen LogP contribution in [0, 0.1) is 13.8 Å². The normalized spacial score (nSPS) is 21.7. The number of benzene rings is 1. The highest BCUT2D eigenvalue weighted by Crippen LogP contribution is 2.30. The molecule has 1 heterocycles. The van der Waals surface area contributed by atoms with Gasteiger partial charge in [-0.25, -0.2) is 0 Å². The summed E-state index contributed by atoms with van der Waals surface area (Å²) in [6, 6.07) is 4.36. The number of hydrogen-bond acceptors (Lipinski definition) is 1. The molecule has 1 nitrogen and oxygen atoms in total. The van der Waals surface area contributed by atoms with Crippen LogP contribution in [-0.4, -0.2) is 13.1 Å². The van der Waals surface area contributed by atoms with Gasteiger partial charge in [-0.1, -0.05) is 17.7 Å². The van der Waals surface area contributed by atoms with E-state index in [9.17, 15) is 0 Å². The highest BCUT2D eigenvalue weighted by Gasteiger charge is 2.17. The Bertz CT molecular complexity index is 354. The second kappa shape index (κ2) is 4.54. The number of halogens is 1. The number of rotatable bonds is 1. The number of nitrogens with one attached hydrogen (secondary N) is 1. The van der Waals surface area contributed by atoms with E-state index in [2.05, 4.69) is 31.3 Å². The Balaban J connectivity index is 2.30. The molecule has 1 N–H and O–H groups in total. The van der Waals surface area contributed by atoms with Gasteiger partial charge in [-0.05, 0) is 61.9 Å². The number of piperidine rings is 1.